The SMILES string of the molecule is CC(C)(C)NCc1nnc(Oc2cncc(Br)c2)s1. The van der Waals surface area contributed by atoms with E-state index < -0.39 is 0 Å². The molecule has 2 rings (SSSR count). The second kappa shape index (κ2) is 5.94. The number of aromatic nitrogens is 3. The number of nitrogens with zero attached hydrogens (tertiary/aromatic N) is 3. The number of pyridine rings is 1. The molecule has 102 valence electrons. The zero-order valence-corrected chi connectivity index (χ0v) is 13.4. The Bertz CT molecular complexity index is 553. The van der Waals surface area contributed by atoms with E-state index in [-0.39, 0.29) is 5.54 Å². The molecule has 1 N–H and O–H groups in total. The van der Waals surface area contributed by atoms with Gasteiger partial charge in [0, 0.05) is 16.2 Å². The zero-order chi connectivity index (χ0) is 13.9. The van der Waals surface area contributed by atoms with Crippen LogP contribution in [0.2, 0.25) is 0 Å². The normalized spacial score (nSPS) is 11.6. The first-order chi connectivity index (χ1) is 8.92. The van der Waals surface area contributed by atoms with Crippen LogP contribution in [0.5, 0.6) is 10.9 Å². The van der Waals surface area contributed by atoms with Gasteiger partial charge in [0.15, 0.2) is 0 Å². The van der Waals surface area contributed by atoms with Crippen LogP contribution in [0.25, 0.3) is 0 Å². The molecule has 0 fully saturated rings. The first kappa shape index (κ1) is 14.4. The average molecular weight is 343 g/mol. The topological polar surface area (TPSA) is 59.9 Å². The van der Waals surface area contributed by atoms with Gasteiger partial charge in [0.2, 0.25) is 0 Å². The largest absolute Gasteiger partial charge is 0.428 e. The van der Waals surface area contributed by atoms with Gasteiger partial charge in [-0.1, -0.05) is 16.4 Å². The molecule has 0 saturated heterocycles. The highest BCUT2D eigenvalue weighted by Gasteiger charge is 2.12. The Morgan fingerprint density at radius 2 is 2.11 bits per heavy atom. The van der Waals surface area contributed by atoms with Crippen LogP contribution in [0.3, 0.4) is 0 Å². The maximum atomic E-state index is 5.60. The van der Waals surface area contributed by atoms with Gasteiger partial charge in [0.05, 0.1) is 12.7 Å². The molecule has 0 aliphatic rings. The highest BCUT2D eigenvalue weighted by molar-refractivity contribution is 9.10. The fraction of sp³-hybridized carbons (Fsp3) is 0.417. The lowest BCUT2D eigenvalue weighted by atomic mass is 10.1. The lowest BCUT2D eigenvalue weighted by molar-refractivity contribution is 0.423. The lowest BCUT2D eigenvalue weighted by Gasteiger charge is -2.19. The lowest BCUT2D eigenvalue weighted by Crippen LogP contribution is -2.35. The predicted molar refractivity (Wildman–Crippen MR) is 78.5 cm³/mol. The van der Waals surface area contributed by atoms with Gasteiger partial charge >= 0.3 is 0 Å². The van der Waals surface area contributed by atoms with E-state index in [1.165, 1.54) is 11.3 Å². The van der Waals surface area contributed by atoms with E-state index in [0.29, 0.717) is 17.5 Å². The summed E-state index contributed by atoms with van der Waals surface area (Å²) in [5, 5.41) is 12.9. The van der Waals surface area contributed by atoms with Crippen LogP contribution < -0.4 is 10.1 Å². The zero-order valence-electron chi connectivity index (χ0n) is 11.0. The quantitative estimate of drug-likeness (QED) is 0.922. The summed E-state index contributed by atoms with van der Waals surface area (Å²) in [5.41, 5.74) is 0.0565. The molecule has 0 atom stereocenters. The number of halogens is 1. The molecule has 2 heterocycles. The van der Waals surface area contributed by atoms with Crippen molar-refractivity contribution in [2.45, 2.75) is 32.9 Å². The first-order valence-electron chi connectivity index (χ1n) is 5.78. The Balaban J connectivity index is 1.97. The summed E-state index contributed by atoms with van der Waals surface area (Å²) in [6, 6.07) is 1.83. The summed E-state index contributed by atoms with van der Waals surface area (Å²) in [5.74, 6) is 0.640. The molecule has 0 spiro atoms. The number of hydrogen-bond acceptors (Lipinski definition) is 6. The van der Waals surface area contributed by atoms with E-state index in [4.69, 9.17) is 4.74 Å². The van der Waals surface area contributed by atoms with Crippen LogP contribution in [0.4, 0.5) is 0 Å². The van der Waals surface area contributed by atoms with Gasteiger partial charge in [-0.3, -0.25) is 4.98 Å². The molecule has 0 unspecified atom stereocenters. The van der Waals surface area contributed by atoms with Gasteiger partial charge in [0.1, 0.15) is 10.8 Å². The number of nitrogens with one attached hydrogen (secondary N) is 1. The molecule has 2 aromatic heterocycles. The molecule has 0 saturated carbocycles. The molecule has 0 radical (unpaired) electrons. The Labute approximate surface area is 124 Å². The van der Waals surface area contributed by atoms with Gasteiger partial charge in [-0.25, -0.2) is 0 Å². The molecule has 0 bridgehead atoms. The van der Waals surface area contributed by atoms with E-state index in [0.717, 1.165) is 9.48 Å². The molecule has 0 amide bonds. The maximum absolute atomic E-state index is 5.60. The standard InChI is InChI=1S/C12H15BrN4OS/c1-12(2,3)15-7-10-16-17-11(19-10)18-9-4-8(13)5-14-6-9/h4-6,15H,7H2,1-3H3. The van der Waals surface area contributed by atoms with Crippen molar-refractivity contribution in [3.8, 4) is 10.9 Å². The third-order valence-electron chi connectivity index (χ3n) is 2.10. The van der Waals surface area contributed by atoms with Gasteiger partial charge in [-0.15, -0.1) is 5.10 Å². The minimum atomic E-state index is 0.0565. The Kier molecular flexibility index (Phi) is 4.49. The predicted octanol–water partition coefficient (Wildman–Crippen LogP) is 3.38. The number of hydrogen-bond donors (Lipinski definition) is 1. The third kappa shape index (κ3) is 4.85. The Morgan fingerprint density at radius 3 is 2.79 bits per heavy atom. The summed E-state index contributed by atoms with van der Waals surface area (Å²) < 4.78 is 6.46. The van der Waals surface area contributed by atoms with Crippen LogP contribution in [0, 0.1) is 0 Å². The number of rotatable bonds is 4. The Morgan fingerprint density at radius 1 is 1.32 bits per heavy atom. The Hall–Kier alpha value is -1.05. The van der Waals surface area contributed by atoms with E-state index >= 15 is 0 Å². The summed E-state index contributed by atoms with van der Waals surface area (Å²) >= 11 is 4.77. The molecule has 0 aliphatic heterocycles. The molecular weight excluding hydrogens is 328 g/mol. The van der Waals surface area contributed by atoms with Crippen molar-refractivity contribution >= 4 is 27.3 Å². The molecule has 2 aromatic rings. The monoisotopic (exact) mass is 342 g/mol. The highest BCUT2D eigenvalue weighted by Crippen LogP contribution is 2.26. The van der Waals surface area contributed by atoms with Crippen molar-refractivity contribution in [3.05, 3.63) is 27.9 Å². The molecule has 0 aromatic carbocycles. The summed E-state index contributed by atoms with van der Waals surface area (Å²) in [4.78, 5) is 4.03. The van der Waals surface area contributed by atoms with Gasteiger partial charge in [-0.2, -0.15) is 0 Å². The first-order valence-corrected chi connectivity index (χ1v) is 7.39. The van der Waals surface area contributed by atoms with E-state index in [2.05, 4.69) is 57.2 Å². The van der Waals surface area contributed by atoms with Gasteiger partial charge < -0.3 is 10.1 Å². The summed E-state index contributed by atoms with van der Waals surface area (Å²) in [6.07, 6.45) is 3.34. The van der Waals surface area contributed by atoms with Crippen molar-refractivity contribution in [3.63, 3.8) is 0 Å². The highest BCUT2D eigenvalue weighted by atomic mass is 79.9. The van der Waals surface area contributed by atoms with E-state index in [1.54, 1.807) is 12.4 Å². The third-order valence-corrected chi connectivity index (χ3v) is 3.34. The van der Waals surface area contributed by atoms with Gasteiger partial charge in [-0.05, 0) is 42.8 Å². The fourth-order valence-electron chi connectivity index (χ4n) is 1.24. The maximum Gasteiger partial charge on any atom is 0.299 e. The van der Waals surface area contributed by atoms with Crippen molar-refractivity contribution in [2.24, 2.45) is 0 Å². The van der Waals surface area contributed by atoms with Crippen molar-refractivity contribution in [1.82, 2.24) is 20.5 Å². The number of ether oxygens (including phenoxy) is 1. The molecule has 5 nitrogen and oxygen atoms in total. The second-order valence-corrected chi connectivity index (χ2v) is 6.95. The summed E-state index contributed by atoms with van der Waals surface area (Å²) in [7, 11) is 0. The smallest absolute Gasteiger partial charge is 0.299 e. The average Bonchev–Trinajstić information content (AvgIpc) is 2.73. The van der Waals surface area contributed by atoms with E-state index in [1.807, 2.05) is 6.07 Å². The van der Waals surface area contributed by atoms with Gasteiger partial charge in [0.25, 0.3) is 5.19 Å². The van der Waals surface area contributed by atoms with Crippen LogP contribution >= 0.6 is 27.3 Å². The van der Waals surface area contributed by atoms with Crippen LogP contribution in [0.15, 0.2) is 22.9 Å². The van der Waals surface area contributed by atoms with Crippen molar-refractivity contribution < 1.29 is 4.74 Å². The summed E-state index contributed by atoms with van der Waals surface area (Å²) in [6.45, 7) is 7.01. The second-order valence-electron chi connectivity index (χ2n) is 5.01. The minimum Gasteiger partial charge on any atom is -0.428 e. The van der Waals surface area contributed by atoms with Crippen molar-refractivity contribution in [2.75, 3.05) is 0 Å². The van der Waals surface area contributed by atoms with Crippen LogP contribution in [-0.2, 0) is 6.54 Å². The van der Waals surface area contributed by atoms with Crippen LogP contribution in [0.1, 0.15) is 25.8 Å². The molecular formula is C12H15BrN4OS. The van der Waals surface area contributed by atoms with Crippen LogP contribution in [-0.4, -0.2) is 20.7 Å². The minimum absolute atomic E-state index is 0.0565. The molecule has 19 heavy (non-hydrogen) atoms. The molecule has 7 heteroatoms. The van der Waals surface area contributed by atoms with Crippen molar-refractivity contribution in [1.29, 1.82) is 0 Å². The molecule has 0 aliphatic carbocycles. The van der Waals surface area contributed by atoms with E-state index in [9.17, 15) is 0 Å². The fourth-order valence-corrected chi connectivity index (χ4v) is 2.23.